The second kappa shape index (κ2) is 18.5. The van der Waals surface area contributed by atoms with Crippen LogP contribution in [0.3, 0.4) is 0 Å². The van der Waals surface area contributed by atoms with Crippen molar-refractivity contribution in [1.29, 1.82) is 0 Å². The molecule has 3 heteroatoms. The maximum atomic E-state index is 8.84. The van der Waals surface area contributed by atoms with E-state index in [4.69, 9.17) is 5.11 Å². The van der Waals surface area contributed by atoms with Crippen LogP contribution in [0.2, 0.25) is 0 Å². The van der Waals surface area contributed by atoms with Crippen LogP contribution in [0.1, 0.15) is 96.8 Å². The molecule has 0 saturated carbocycles. The first kappa shape index (κ1) is 25.5. The summed E-state index contributed by atoms with van der Waals surface area (Å²) in [5.74, 6) is 0. The van der Waals surface area contributed by atoms with Gasteiger partial charge in [0.05, 0.1) is 27.2 Å². The lowest BCUT2D eigenvalue weighted by molar-refractivity contribution is -0.890. The first-order valence-electron chi connectivity index (χ1n) is 10.1. The van der Waals surface area contributed by atoms with E-state index in [1.54, 1.807) is 0 Å². The maximum absolute atomic E-state index is 8.84. The summed E-state index contributed by atoms with van der Waals surface area (Å²) in [6.45, 7) is 5.13. The molecule has 0 bridgehead atoms. The molecule has 142 valence electrons. The molecule has 0 spiro atoms. The van der Waals surface area contributed by atoms with E-state index in [1.807, 2.05) is 0 Å². The fourth-order valence-corrected chi connectivity index (χ4v) is 3.14. The van der Waals surface area contributed by atoms with Gasteiger partial charge in [-0.3, -0.25) is 0 Å². The highest BCUT2D eigenvalue weighted by Gasteiger charge is 2.13. The van der Waals surface area contributed by atoms with Gasteiger partial charge in [-0.1, -0.05) is 71.1 Å². The van der Waals surface area contributed by atoms with E-state index in [-0.39, 0.29) is 12.4 Å². The lowest BCUT2D eigenvalue weighted by Gasteiger charge is -2.29. The van der Waals surface area contributed by atoms with Gasteiger partial charge in [-0.25, -0.2) is 0 Å². The van der Waals surface area contributed by atoms with E-state index in [0.717, 1.165) is 17.3 Å². The molecular formula is C20H44ClNO. The molecule has 0 aromatic carbocycles. The molecule has 0 rings (SSSR count). The molecule has 0 aromatic heterocycles. The van der Waals surface area contributed by atoms with Gasteiger partial charge in [-0.2, -0.15) is 0 Å². The zero-order valence-corrected chi connectivity index (χ0v) is 17.0. The summed E-state index contributed by atoms with van der Waals surface area (Å²) in [7, 11) is 4.66. The molecule has 0 saturated heterocycles. The van der Waals surface area contributed by atoms with E-state index in [1.165, 1.54) is 90.1 Å². The maximum Gasteiger partial charge on any atom is 0.0783 e. The Morgan fingerprint density at radius 1 is 0.565 bits per heavy atom. The van der Waals surface area contributed by atoms with Crippen molar-refractivity contribution >= 4 is 0 Å². The number of nitrogens with zero attached hydrogens (tertiary/aromatic N) is 1. The van der Waals surface area contributed by atoms with E-state index in [0.29, 0.717) is 6.61 Å². The molecule has 0 atom stereocenters. The predicted molar refractivity (Wildman–Crippen MR) is 99.2 cm³/mol. The minimum absolute atomic E-state index is 0. The van der Waals surface area contributed by atoms with Gasteiger partial charge >= 0.3 is 0 Å². The Morgan fingerprint density at radius 3 is 1.30 bits per heavy atom. The average Bonchev–Trinajstić information content (AvgIpc) is 2.48. The minimum Gasteiger partial charge on any atom is -1.00 e. The Morgan fingerprint density at radius 2 is 0.913 bits per heavy atom. The van der Waals surface area contributed by atoms with Crippen molar-refractivity contribution in [3.63, 3.8) is 0 Å². The third-order valence-electron chi connectivity index (χ3n) is 4.79. The molecule has 0 amide bonds. The highest BCUT2D eigenvalue weighted by Crippen LogP contribution is 2.13. The van der Waals surface area contributed by atoms with Gasteiger partial charge in [0.1, 0.15) is 0 Å². The van der Waals surface area contributed by atoms with Crippen LogP contribution >= 0.6 is 0 Å². The first-order valence-corrected chi connectivity index (χ1v) is 10.1. The molecule has 0 heterocycles. The molecular weight excluding hydrogens is 306 g/mol. The fourth-order valence-electron chi connectivity index (χ4n) is 3.14. The summed E-state index contributed by atoms with van der Waals surface area (Å²) in [6, 6.07) is 0. The Balaban J connectivity index is 0. The summed E-state index contributed by atoms with van der Waals surface area (Å²) in [5.41, 5.74) is 0. The van der Waals surface area contributed by atoms with Crippen molar-refractivity contribution in [3.05, 3.63) is 0 Å². The second-order valence-electron chi connectivity index (χ2n) is 7.70. The zero-order valence-electron chi connectivity index (χ0n) is 16.3. The minimum atomic E-state index is 0. The summed E-state index contributed by atoms with van der Waals surface area (Å²) in [4.78, 5) is 0. The summed E-state index contributed by atoms with van der Waals surface area (Å²) < 4.78 is 1.12. The number of hydrogen-bond acceptors (Lipinski definition) is 1. The van der Waals surface area contributed by atoms with E-state index in [2.05, 4.69) is 21.0 Å². The number of halogens is 1. The first-order chi connectivity index (χ1) is 10.6. The molecule has 0 aliphatic carbocycles. The zero-order chi connectivity index (χ0) is 16.5. The predicted octanol–water partition coefficient (Wildman–Crippen LogP) is 2.54. The molecule has 1 N–H and O–H groups in total. The van der Waals surface area contributed by atoms with Gasteiger partial charge in [0.25, 0.3) is 0 Å². The number of unbranched alkanes of at least 4 members (excludes halogenated alkanes) is 12. The highest BCUT2D eigenvalue weighted by molar-refractivity contribution is 4.49. The van der Waals surface area contributed by atoms with Crippen molar-refractivity contribution in [1.82, 2.24) is 0 Å². The largest absolute Gasteiger partial charge is 1.00 e. The van der Waals surface area contributed by atoms with Crippen molar-refractivity contribution in [2.75, 3.05) is 33.8 Å². The third-order valence-corrected chi connectivity index (χ3v) is 4.79. The second-order valence-corrected chi connectivity index (χ2v) is 7.70. The SMILES string of the molecule is CCCCCCCCCCCCCC[N+](C)(C)CCCCO.[Cl-]. The van der Waals surface area contributed by atoms with Crippen LogP contribution in [0, 0.1) is 0 Å². The number of aliphatic hydroxyl groups excluding tert-OH is 1. The Labute approximate surface area is 153 Å². The van der Waals surface area contributed by atoms with Crippen molar-refractivity contribution in [2.24, 2.45) is 0 Å². The molecule has 23 heavy (non-hydrogen) atoms. The third kappa shape index (κ3) is 20.2. The highest BCUT2D eigenvalue weighted by atomic mass is 35.5. The number of quaternary nitrogens is 1. The normalized spacial score (nSPS) is 11.5. The van der Waals surface area contributed by atoms with Crippen molar-refractivity contribution in [3.8, 4) is 0 Å². The molecule has 0 aromatic rings. The summed E-state index contributed by atoms with van der Waals surface area (Å²) in [6.07, 6.45) is 19.2. The van der Waals surface area contributed by atoms with Crippen molar-refractivity contribution in [2.45, 2.75) is 96.8 Å². The van der Waals surface area contributed by atoms with Gasteiger partial charge in [-0.15, -0.1) is 0 Å². The average molecular weight is 350 g/mol. The van der Waals surface area contributed by atoms with Crippen LogP contribution in [0.25, 0.3) is 0 Å². The molecule has 0 unspecified atom stereocenters. The Hall–Kier alpha value is 0.210. The summed E-state index contributed by atoms with van der Waals surface area (Å²) in [5, 5.41) is 8.84. The van der Waals surface area contributed by atoms with Crippen LogP contribution < -0.4 is 12.4 Å². The van der Waals surface area contributed by atoms with Gasteiger partial charge < -0.3 is 22.0 Å². The summed E-state index contributed by atoms with van der Waals surface area (Å²) >= 11 is 0. The van der Waals surface area contributed by atoms with E-state index in [9.17, 15) is 0 Å². The Bertz CT molecular complexity index is 222. The topological polar surface area (TPSA) is 20.2 Å². The van der Waals surface area contributed by atoms with Gasteiger partial charge in [0.15, 0.2) is 0 Å². The van der Waals surface area contributed by atoms with Gasteiger partial charge in [-0.05, 0) is 25.7 Å². The number of rotatable bonds is 17. The van der Waals surface area contributed by atoms with Crippen molar-refractivity contribution < 1.29 is 22.0 Å². The van der Waals surface area contributed by atoms with E-state index < -0.39 is 0 Å². The number of aliphatic hydroxyl groups is 1. The van der Waals surface area contributed by atoms with Crippen LogP contribution in [-0.2, 0) is 0 Å². The lowest BCUT2D eigenvalue weighted by atomic mass is 10.1. The lowest BCUT2D eigenvalue weighted by Crippen LogP contribution is -3.00. The quantitative estimate of drug-likeness (QED) is 0.316. The van der Waals surface area contributed by atoms with Crippen LogP contribution in [0.5, 0.6) is 0 Å². The van der Waals surface area contributed by atoms with Crippen LogP contribution in [-0.4, -0.2) is 43.4 Å². The number of hydrogen-bond donors (Lipinski definition) is 1. The standard InChI is InChI=1S/C20H44NO.ClH/c1-4-5-6-7-8-9-10-11-12-13-14-15-18-21(2,3)19-16-17-20-22;/h22H,4-20H2,1-3H3;1H/q+1;/p-1. The monoisotopic (exact) mass is 349 g/mol. The molecule has 0 aliphatic heterocycles. The molecule has 2 nitrogen and oxygen atoms in total. The fraction of sp³-hybridized carbons (Fsp3) is 1.00. The smallest absolute Gasteiger partial charge is 0.0783 e. The molecule has 0 radical (unpaired) electrons. The van der Waals surface area contributed by atoms with Crippen LogP contribution in [0.4, 0.5) is 0 Å². The Kier molecular flexibility index (Phi) is 20.5. The molecule has 0 fully saturated rings. The van der Waals surface area contributed by atoms with Crippen LogP contribution in [0.15, 0.2) is 0 Å². The van der Waals surface area contributed by atoms with Gasteiger partial charge in [0.2, 0.25) is 0 Å². The molecule has 0 aliphatic rings. The van der Waals surface area contributed by atoms with Gasteiger partial charge in [0, 0.05) is 6.61 Å². The van der Waals surface area contributed by atoms with E-state index >= 15 is 0 Å².